The van der Waals surface area contributed by atoms with Crippen LogP contribution in [-0.4, -0.2) is 61.8 Å². The van der Waals surface area contributed by atoms with Crippen molar-refractivity contribution in [2.75, 3.05) is 25.1 Å². The topological polar surface area (TPSA) is 102 Å². The standard InChI is InChI=1S/C14H14F3N7O2/c15-14(16,17)6-26-11-10(8-3-19-20-4-8)18-7-24-12(11)22-13(23-24)21-9-1-2-25-5-9/h3-4,7,9H,1-2,5-6H2,(H,19,20)(H,21,23)/t9-/m0/s1. The molecule has 4 heterocycles. The van der Waals surface area contributed by atoms with Crippen LogP contribution in [0, 0.1) is 0 Å². The average Bonchev–Trinajstić information content (AvgIpc) is 3.33. The molecule has 2 N–H and O–H groups in total. The molecule has 0 bridgehead atoms. The van der Waals surface area contributed by atoms with Gasteiger partial charge >= 0.3 is 6.18 Å². The van der Waals surface area contributed by atoms with Crippen molar-refractivity contribution in [2.45, 2.75) is 18.6 Å². The van der Waals surface area contributed by atoms with Crippen molar-refractivity contribution in [3.05, 3.63) is 18.7 Å². The first-order chi connectivity index (χ1) is 12.5. The van der Waals surface area contributed by atoms with Gasteiger partial charge in [0.2, 0.25) is 11.6 Å². The predicted molar refractivity (Wildman–Crippen MR) is 82.8 cm³/mol. The van der Waals surface area contributed by atoms with Gasteiger partial charge in [0, 0.05) is 18.4 Å². The van der Waals surface area contributed by atoms with Crippen LogP contribution in [0.25, 0.3) is 16.9 Å². The largest absolute Gasteiger partial charge is 0.478 e. The molecule has 1 saturated heterocycles. The van der Waals surface area contributed by atoms with Gasteiger partial charge in [-0.1, -0.05) is 0 Å². The third-order valence-electron chi connectivity index (χ3n) is 3.76. The molecule has 3 aromatic heterocycles. The van der Waals surface area contributed by atoms with Gasteiger partial charge in [-0.15, -0.1) is 5.10 Å². The summed E-state index contributed by atoms with van der Waals surface area (Å²) in [5.74, 6) is 0.151. The number of anilines is 1. The van der Waals surface area contributed by atoms with Gasteiger partial charge in [0.1, 0.15) is 12.0 Å². The average molecular weight is 369 g/mol. The molecule has 0 radical (unpaired) electrons. The van der Waals surface area contributed by atoms with Gasteiger partial charge in [-0.05, 0) is 6.42 Å². The summed E-state index contributed by atoms with van der Waals surface area (Å²) in [6.45, 7) is -0.312. The third-order valence-corrected chi connectivity index (χ3v) is 3.76. The first-order valence-corrected chi connectivity index (χ1v) is 7.78. The quantitative estimate of drug-likeness (QED) is 0.705. The Labute approximate surface area is 144 Å². The van der Waals surface area contributed by atoms with Crippen LogP contribution in [0.3, 0.4) is 0 Å². The summed E-state index contributed by atoms with van der Waals surface area (Å²) in [5.41, 5.74) is 0.798. The Hall–Kier alpha value is -2.89. The lowest BCUT2D eigenvalue weighted by atomic mass is 10.2. The molecule has 26 heavy (non-hydrogen) atoms. The van der Waals surface area contributed by atoms with E-state index < -0.39 is 12.8 Å². The number of H-pyrrole nitrogens is 1. The van der Waals surface area contributed by atoms with E-state index in [-0.39, 0.29) is 29.1 Å². The highest BCUT2D eigenvalue weighted by Gasteiger charge is 2.30. The number of hydrogen-bond donors (Lipinski definition) is 2. The Kier molecular flexibility index (Phi) is 4.11. The molecule has 1 atom stereocenters. The van der Waals surface area contributed by atoms with Gasteiger partial charge < -0.3 is 14.8 Å². The number of aromatic nitrogens is 6. The molecule has 12 heteroatoms. The van der Waals surface area contributed by atoms with Crippen LogP contribution in [0.5, 0.6) is 5.75 Å². The minimum Gasteiger partial charge on any atom is -0.478 e. The molecular weight excluding hydrogens is 355 g/mol. The van der Waals surface area contributed by atoms with Crippen molar-refractivity contribution in [2.24, 2.45) is 0 Å². The molecule has 4 rings (SSSR count). The Bertz CT molecular complexity index is 888. The highest BCUT2D eigenvalue weighted by atomic mass is 19.4. The Balaban J connectivity index is 1.73. The van der Waals surface area contributed by atoms with Crippen molar-refractivity contribution in [1.29, 1.82) is 0 Å². The fraction of sp³-hybridized carbons (Fsp3) is 0.429. The predicted octanol–water partition coefficient (Wildman–Crippen LogP) is 1.66. The van der Waals surface area contributed by atoms with E-state index in [0.717, 1.165) is 6.42 Å². The second-order valence-electron chi connectivity index (χ2n) is 5.72. The van der Waals surface area contributed by atoms with E-state index in [0.29, 0.717) is 18.8 Å². The summed E-state index contributed by atoms with van der Waals surface area (Å²) in [5, 5.41) is 13.7. The normalized spacial score (nSPS) is 17.7. The van der Waals surface area contributed by atoms with Gasteiger partial charge in [0.05, 0.1) is 18.8 Å². The minimum atomic E-state index is -4.50. The lowest BCUT2D eigenvalue weighted by molar-refractivity contribution is -0.153. The zero-order valence-electron chi connectivity index (χ0n) is 13.3. The number of alkyl halides is 3. The van der Waals surface area contributed by atoms with Crippen LogP contribution in [0.2, 0.25) is 0 Å². The fourth-order valence-electron chi connectivity index (χ4n) is 2.60. The third kappa shape index (κ3) is 3.40. The highest BCUT2D eigenvalue weighted by molar-refractivity contribution is 5.73. The Morgan fingerprint density at radius 2 is 2.31 bits per heavy atom. The molecule has 138 valence electrons. The number of nitrogens with one attached hydrogen (secondary N) is 2. The molecule has 3 aromatic rings. The SMILES string of the molecule is FC(F)(F)COc1c(-c2cn[nH]c2)ncn2nc(N[C@H]3CCOC3)nc12. The van der Waals surface area contributed by atoms with Gasteiger partial charge in [0.25, 0.3) is 0 Å². The van der Waals surface area contributed by atoms with Crippen molar-refractivity contribution in [1.82, 2.24) is 29.8 Å². The molecule has 0 aromatic carbocycles. The summed E-state index contributed by atoms with van der Waals surface area (Å²) in [6.07, 6.45) is 0.602. The second kappa shape index (κ2) is 6.44. The molecule has 1 aliphatic rings. The molecule has 1 fully saturated rings. The van der Waals surface area contributed by atoms with E-state index in [1.54, 1.807) is 0 Å². The first kappa shape index (κ1) is 16.6. The van der Waals surface area contributed by atoms with E-state index in [9.17, 15) is 13.2 Å². The van der Waals surface area contributed by atoms with Crippen molar-refractivity contribution >= 4 is 11.6 Å². The van der Waals surface area contributed by atoms with E-state index in [1.807, 2.05) is 0 Å². The number of aromatic amines is 1. The van der Waals surface area contributed by atoms with Gasteiger partial charge in [-0.2, -0.15) is 27.8 Å². The van der Waals surface area contributed by atoms with Crippen LogP contribution < -0.4 is 10.1 Å². The maximum Gasteiger partial charge on any atom is 0.422 e. The van der Waals surface area contributed by atoms with E-state index >= 15 is 0 Å². The van der Waals surface area contributed by atoms with Crippen LogP contribution in [0.1, 0.15) is 6.42 Å². The lowest BCUT2D eigenvalue weighted by Gasteiger charge is -2.12. The minimum absolute atomic E-state index is 0.0493. The van der Waals surface area contributed by atoms with Crippen molar-refractivity contribution in [3.63, 3.8) is 0 Å². The summed E-state index contributed by atoms with van der Waals surface area (Å²) < 4.78 is 49.5. The summed E-state index contributed by atoms with van der Waals surface area (Å²) in [7, 11) is 0. The molecule has 9 nitrogen and oxygen atoms in total. The number of halogens is 3. The van der Waals surface area contributed by atoms with Crippen LogP contribution in [0.15, 0.2) is 18.7 Å². The highest BCUT2D eigenvalue weighted by Crippen LogP contribution is 2.32. The zero-order valence-corrected chi connectivity index (χ0v) is 13.3. The van der Waals surface area contributed by atoms with Gasteiger partial charge in [-0.25, -0.2) is 4.98 Å². The summed E-state index contributed by atoms with van der Waals surface area (Å²) in [6, 6.07) is 0.0493. The maximum absolute atomic E-state index is 12.7. The number of rotatable bonds is 5. The summed E-state index contributed by atoms with van der Waals surface area (Å²) in [4.78, 5) is 8.42. The molecule has 0 spiro atoms. The number of nitrogens with zero attached hydrogens (tertiary/aromatic N) is 5. The van der Waals surface area contributed by atoms with Crippen LogP contribution in [-0.2, 0) is 4.74 Å². The van der Waals surface area contributed by atoms with Crippen molar-refractivity contribution < 1.29 is 22.6 Å². The van der Waals surface area contributed by atoms with E-state index in [4.69, 9.17) is 9.47 Å². The zero-order chi connectivity index (χ0) is 18.1. The molecular formula is C14H14F3N7O2. The Morgan fingerprint density at radius 1 is 1.42 bits per heavy atom. The van der Waals surface area contributed by atoms with E-state index in [2.05, 4.69) is 30.6 Å². The lowest BCUT2D eigenvalue weighted by Crippen LogP contribution is -2.20. The van der Waals surface area contributed by atoms with E-state index in [1.165, 1.54) is 23.2 Å². The maximum atomic E-state index is 12.7. The molecule has 0 aliphatic carbocycles. The molecule has 0 amide bonds. The molecule has 1 aliphatic heterocycles. The second-order valence-corrected chi connectivity index (χ2v) is 5.72. The van der Waals surface area contributed by atoms with Crippen molar-refractivity contribution in [3.8, 4) is 17.0 Å². The van der Waals surface area contributed by atoms with Gasteiger partial charge in [0.15, 0.2) is 12.4 Å². The van der Waals surface area contributed by atoms with Crippen LogP contribution >= 0.6 is 0 Å². The first-order valence-electron chi connectivity index (χ1n) is 7.78. The summed E-state index contributed by atoms with van der Waals surface area (Å²) >= 11 is 0. The number of fused-ring (bicyclic) bond motifs is 1. The smallest absolute Gasteiger partial charge is 0.422 e. The number of hydrogen-bond acceptors (Lipinski definition) is 7. The molecule has 0 saturated carbocycles. The monoisotopic (exact) mass is 369 g/mol. The molecule has 0 unspecified atom stereocenters. The number of ether oxygens (including phenoxy) is 2. The fourth-order valence-corrected chi connectivity index (χ4v) is 2.60. The Morgan fingerprint density at radius 3 is 3.00 bits per heavy atom. The van der Waals surface area contributed by atoms with Crippen LogP contribution in [0.4, 0.5) is 19.1 Å². The van der Waals surface area contributed by atoms with Gasteiger partial charge in [-0.3, -0.25) is 5.10 Å².